The van der Waals surface area contributed by atoms with Crippen molar-refractivity contribution < 1.29 is 35.5 Å². The number of nitrogens with one attached hydrogen (secondary N) is 1. The molecule has 0 atom stereocenters. The van der Waals surface area contributed by atoms with Crippen LogP contribution >= 0.6 is 11.6 Å². The predicted octanol–water partition coefficient (Wildman–Crippen LogP) is 6.34. The van der Waals surface area contributed by atoms with E-state index in [4.69, 9.17) is 17.3 Å². The standard InChI is InChI=1S/C24H16ClF7N8O/c25-19-8-3-14(10-34-19)12-40(15-4-7-18(26)17(9-15)23(27,28)29)22-37-20(33)36-21(38-22)39-35-11-13-1-5-16(6-2-13)41-24(30,31)32/h1-11H,12H2,(H3,33,36,37,38,39). The van der Waals surface area contributed by atoms with Gasteiger partial charge in [-0.1, -0.05) is 17.7 Å². The highest BCUT2D eigenvalue weighted by Crippen LogP contribution is 2.36. The van der Waals surface area contributed by atoms with E-state index in [-0.39, 0.29) is 35.2 Å². The van der Waals surface area contributed by atoms with Crippen molar-refractivity contribution in [2.45, 2.75) is 19.1 Å². The Hall–Kier alpha value is -4.73. The zero-order valence-electron chi connectivity index (χ0n) is 20.3. The van der Waals surface area contributed by atoms with Crippen LogP contribution in [-0.4, -0.2) is 32.5 Å². The molecule has 4 aromatic rings. The first-order valence-corrected chi connectivity index (χ1v) is 11.6. The number of pyridine rings is 1. The average Bonchev–Trinajstić information content (AvgIpc) is 2.88. The van der Waals surface area contributed by atoms with E-state index < -0.39 is 29.7 Å². The van der Waals surface area contributed by atoms with Crippen LogP contribution in [0.15, 0.2) is 65.9 Å². The van der Waals surface area contributed by atoms with Gasteiger partial charge in [0.25, 0.3) is 0 Å². The van der Waals surface area contributed by atoms with Crippen LogP contribution in [0.4, 0.5) is 54.3 Å². The van der Waals surface area contributed by atoms with Gasteiger partial charge in [0.05, 0.1) is 18.3 Å². The van der Waals surface area contributed by atoms with Crippen LogP contribution in [0.3, 0.4) is 0 Å². The molecule has 3 N–H and O–H groups in total. The van der Waals surface area contributed by atoms with Gasteiger partial charge in [0.2, 0.25) is 17.8 Å². The van der Waals surface area contributed by atoms with Gasteiger partial charge in [0.15, 0.2) is 0 Å². The van der Waals surface area contributed by atoms with Gasteiger partial charge in [-0.2, -0.15) is 33.2 Å². The van der Waals surface area contributed by atoms with Crippen molar-refractivity contribution >= 4 is 41.3 Å². The van der Waals surface area contributed by atoms with Crippen molar-refractivity contribution in [1.82, 2.24) is 19.9 Å². The second-order valence-corrected chi connectivity index (χ2v) is 8.43. The summed E-state index contributed by atoms with van der Waals surface area (Å²) >= 11 is 5.82. The molecule has 41 heavy (non-hydrogen) atoms. The highest BCUT2D eigenvalue weighted by Gasteiger charge is 2.35. The molecule has 0 saturated carbocycles. The third-order valence-corrected chi connectivity index (χ3v) is 5.29. The quantitative estimate of drug-likeness (QED) is 0.104. The van der Waals surface area contributed by atoms with E-state index in [2.05, 4.69) is 35.2 Å². The van der Waals surface area contributed by atoms with Crippen LogP contribution in [0.2, 0.25) is 5.15 Å². The minimum atomic E-state index is -4.98. The van der Waals surface area contributed by atoms with Crippen LogP contribution in [0.25, 0.3) is 0 Å². The van der Waals surface area contributed by atoms with Gasteiger partial charge in [-0.25, -0.2) is 14.8 Å². The number of nitrogens with two attached hydrogens (primary N) is 1. The number of rotatable bonds is 8. The van der Waals surface area contributed by atoms with Crippen molar-refractivity contribution in [2.24, 2.45) is 5.10 Å². The van der Waals surface area contributed by atoms with E-state index >= 15 is 0 Å². The maximum Gasteiger partial charge on any atom is 0.573 e. The Morgan fingerprint density at radius 1 is 0.976 bits per heavy atom. The molecule has 0 spiro atoms. The molecule has 2 aromatic carbocycles. The summed E-state index contributed by atoms with van der Waals surface area (Å²) in [5.74, 6) is -2.68. The van der Waals surface area contributed by atoms with Crippen LogP contribution in [0, 0.1) is 5.82 Å². The van der Waals surface area contributed by atoms with Gasteiger partial charge in [0.1, 0.15) is 16.7 Å². The van der Waals surface area contributed by atoms with Gasteiger partial charge in [-0.3, -0.25) is 0 Å². The molecule has 0 unspecified atom stereocenters. The summed E-state index contributed by atoms with van der Waals surface area (Å²) in [4.78, 5) is 17.2. The highest BCUT2D eigenvalue weighted by molar-refractivity contribution is 6.29. The van der Waals surface area contributed by atoms with Crippen molar-refractivity contribution in [3.63, 3.8) is 0 Å². The van der Waals surface area contributed by atoms with Gasteiger partial charge < -0.3 is 15.4 Å². The van der Waals surface area contributed by atoms with E-state index in [1.807, 2.05) is 0 Å². The molecule has 9 nitrogen and oxygen atoms in total. The number of aromatic nitrogens is 4. The fourth-order valence-electron chi connectivity index (χ4n) is 3.33. The Morgan fingerprint density at radius 3 is 2.34 bits per heavy atom. The second kappa shape index (κ2) is 11.8. The van der Waals surface area contributed by atoms with Crippen molar-refractivity contribution in [2.75, 3.05) is 16.1 Å². The molecule has 0 radical (unpaired) electrons. The van der Waals surface area contributed by atoms with E-state index in [0.29, 0.717) is 23.3 Å². The summed E-state index contributed by atoms with van der Waals surface area (Å²) in [6.45, 7) is -0.133. The Balaban J connectivity index is 1.63. The van der Waals surface area contributed by atoms with Gasteiger partial charge in [0, 0.05) is 11.9 Å². The lowest BCUT2D eigenvalue weighted by molar-refractivity contribution is -0.274. The zero-order valence-corrected chi connectivity index (χ0v) is 21.0. The Kier molecular flexibility index (Phi) is 8.41. The van der Waals surface area contributed by atoms with Crippen LogP contribution < -0.4 is 20.8 Å². The fraction of sp³-hybridized carbons (Fsp3) is 0.125. The molecule has 17 heteroatoms. The number of hydrazone groups is 1. The Morgan fingerprint density at radius 2 is 1.71 bits per heavy atom. The number of halogens is 8. The van der Waals surface area contributed by atoms with E-state index in [1.165, 1.54) is 35.5 Å². The number of nitrogen functional groups attached to an aromatic ring is 1. The van der Waals surface area contributed by atoms with E-state index in [1.54, 1.807) is 6.07 Å². The average molecular weight is 601 g/mol. The lowest BCUT2D eigenvalue weighted by atomic mass is 10.1. The molecule has 2 heterocycles. The largest absolute Gasteiger partial charge is 0.573 e. The molecule has 4 rings (SSSR count). The van der Waals surface area contributed by atoms with E-state index in [0.717, 1.165) is 18.2 Å². The van der Waals surface area contributed by atoms with Crippen LogP contribution in [0.1, 0.15) is 16.7 Å². The third kappa shape index (κ3) is 8.14. The van der Waals surface area contributed by atoms with Crippen LogP contribution in [0.5, 0.6) is 5.75 Å². The summed E-state index contributed by atoms with van der Waals surface area (Å²) < 4.78 is 95.1. The third-order valence-electron chi connectivity index (χ3n) is 5.07. The zero-order chi connectivity index (χ0) is 29.8. The number of hydrogen-bond donors (Lipinski definition) is 2. The lowest BCUT2D eigenvalue weighted by Crippen LogP contribution is -2.22. The maximum absolute atomic E-state index is 14.0. The van der Waals surface area contributed by atoms with Gasteiger partial charge >= 0.3 is 12.5 Å². The molecular weight excluding hydrogens is 585 g/mol. The molecule has 214 valence electrons. The Bertz CT molecular complexity index is 1530. The number of anilines is 4. The number of ether oxygens (including phenoxy) is 1. The first-order chi connectivity index (χ1) is 19.3. The second-order valence-electron chi connectivity index (χ2n) is 8.04. The highest BCUT2D eigenvalue weighted by atomic mass is 35.5. The molecule has 0 aliphatic rings. The van der Waals surface area contributed by atoms with Crippen molar-refractivity contribution in [1.29, 1.82) is 0 Å². The van der Waals surface area contributed by atoms with Gasteiger partial charge in [-0.15, -0.1) is 13.2 Å². The predicted molar refractivity (Wildman–Crippen MR) is 135 cm³/mol. The minimum absolute atomic E-state index is 0.130. The molecule has 0 aliphatic heterocycles. The first-order valence-electron chi connectivity index (χ1n) is 11.2. The molecule has 0 fully saturated rings. The summed E-state index contributed by atoms with van der Waals surface area (Å²) in [5.41, 5.74) is 7.49. The van der Waals surface area contributed by atoms with Crippen molar-refractivity contribution in [3.8, 4) is 5.75 Å². The first kappa shape index (κ1) is 29.3. The monoisotopic (exact) mass is 600 g/mol. The van der Waals surface area contributed by atoms with Crippen molar-refractivity contribution in [3.05, 3.63) is 88.5 Å². The normalized spacial score (nSPS) is 12.0. The van der Waals surface area contributed by atoms with Gasteiger partial charge in [-0.05, 0) is 59.7 Å². The number of hydrogen-bond acceptors (Lipinski definition) is 9. The molecule has 2 aromatic heterocycles. The number of alkyl halides is 6. The summed E-state index contributed by atoms with van der Waals surface area (Å²) in [5, 5.41) is 4.07. The van der Waals surface area contributed by atoms with E-state index in [9.17, 15) is 30.7 Å². The number of nitrogens with zero attached hydrogens (tertiary/aromatic N) is 6. The molecule has 0 saturated heterocycles. The SMILES string of the molecule is Nc1nc(NN=Cc2ccc(OC(F)(F)F)cc2)nc(N(Cc2ccc(Cl)nc2)c2ccc(F)c(C(F)(F)F)c2)n1. The van der Waals surface area contributed by atoms with Crippen LogP contribution in [-0.2, 0) is 12.7 Å². The fourth-order valence-corrected chi connectivity index (χ4v) is 3.44. The summed E-state index contributed by atoms with van der Waals surface area (Å²) in [6.07, 6.45) is -7.22. The molecule has 0 bridgehead atoms. The molecule has 0 aliphatic carbocycles. The molecular formula is C24H16ClF7N8O. The topological polar surface area (TPSA) is 114 Å². The number of benzene rings is 2. The lowest BCUT2D eigenvalue weighted by Gasteiger charge is -2.24. The molecule has 0 amide bonds. The summed E-state index contributed by atoms with van der Waals surface area (Å²) in [7, 11) is 0. The smallest absolute Gasteiger partial charge is 0.406 e. The maximum atomic E-state index is 14.0. The minimum Gasteiger partial charge on any atom is -0.406 e. The summed E-state index contributed by atoms with van der Waals surface area (Å²) in [6, 6.07) is 10.1. The Labute approximate surface area is 231 Å².